The predicted octanol–water partition coefficient (Wildman–Crippen LogP) is 3.82. The van der Waals surface area contributed by atoms with Gasteiger partial charge in [0, 0.05) is 6.20 Å². The molecule has 0 aliphatic heterocycles. The number of benzene rings is 2. The Morgan fingerprint density at radius 1 is 1.15 bits per heavy atom. The smallest absolute Gasteiger partial charge is 0.263 e. The van der Waals surface area contributed by atoms with Crippen LogP contribution in [-0.4, -0.2) is 5.91 Å². The second-order valence-corrected chi connectivity index (χ2v) is 5.76. The Kier molecular flexibility index (Phi) is 6.53. The predicted molar refractivity (Wildman–Crippen MR) is 101 cm³/mol. The van der Waals surface area contributed by atoms with Crippen LogP contribution < -0.4 is 10.6 Å². The first-order valence-electron chi connectivity index (χ1n) is 8.34. The molecule has 0 saturated carbocycles. The van der Waals surface area contributed by atoms with Gasteiger partial charge in [-0.05, 0) is 36.6 Å². The van der Waals surface area contributed by atoms with E-state index in [1.165, 1.54) is 11.8 Å². The van der Waals surface area contributed by atoms with Crippen molar-refractivity contribution >= 4 is 11.6 Å². The van der Waals surface area contributed by atoms with Gasteiger partial charge in [0.15, 0.2) is 0 Å². The van der Waals surface area contributed by atoms with Crippen molar-refractivity contribution in [1.29, 1.82) is 10.5 Å². The Morgan fingerprint density at radius 3 is 2.46 bits per heavy atom. The fraction of sp³-hybridized carbons (Fsp3) is 0.190. The first kappa shape index (κ1) is 18.8. The van der Waals surface area contributed by atoms with Gasteiger partial charge in [0.25, 0.3) is 5.91 Å². The Labute approximate surface area is 153 Å². The monoisotopic (exact) mass is 344 g/mol. The Morgan fingerprint density at radius 2 is 1.85 bits per heavy atom. The van der Waals surface area contributed by atoms with Crippen molar-refractivity contribution in [2.45, 2.75) is 26.3 Å². The first-order valence-corrected chi connectivity index (χ1v) is 8.34. The minimum absolute atomic E-state index is 0.0604. The molecule has 2 rings (SSSR count). The summed E-state index contributed by atoms with van der Waals surface area (Å²) in [4.78, 5) is 12.3. The lowest BCUT2D eigenvalue weighted by Gasteiger charge is -2.14. The zero-order valence-electron chi connectivity index (χ0n) is 14.8. The van der Waals surface area contributed by atoms with Gasteiger partial charge in [0.05, 0.1) is 17.3 Å². The summed E-state index contributed by atoms with van der Waals surface area (Å²) < 4.78 is 0. The van der Waals surface area contributed by atoms with Gasteiger partial charge in [-0.2, -0.15) is 10.5 Å². The van der Waals surface area contributed by atoms with E-state index in [0.29, 0.717) is 11.3 Å². The fourth-order valence-electron chi connectivity index (χ4n) is 2.40. The lowest BCUT2D eigenvalue weighted by Crippen LogP contribution is -2.28. The van der Waals surface area contributed by atoms with Gasteiger partial charge < -0.3 is 10.6 Å². The molecule has 1 amide bonds. The van der Waals surface area contributed by atoms with Crippen LogP contribution in [0, 0.1) is 22.7 Å². The molecule has 5 heteroatoms. The van der Waals surface area contributed by atoms with E-state index < -0.39 is 5.91 Å². The van der Waals surface area contributed by atoms with Crippen LogP contribution in [0.25, 0.3) is 0 Å². The Bertz CT molecular complexity index is 885. The highest BCUT2D eigenvalue weighted by molar-refractivity contribution is 5.97. The molecule has 2 aromatic rings. The van der Waals surface area contributed by atoms with Crippen molar-refractivity contribution in [2.24, 2.45) is 0 Å². The lowest BCUT2D eigenvalue weighted by atomic mass is 10.0. The van der Waals surface area contributed by atoms with E-state index in [-0.39, 0.29) is 11.6 Å². The number of para-hydroxylation sites is 1. The minimum atomic E-state index is -0.471. The topological polar surface area (TPSA) is 88.7 Å². The summed E-state index contributed by atoms with van der Waals surface area (Å²) in [6.07, 6.45) is 2.27. The van der Waals surface area contributed by atoms with E-state index >= 15 is 0 Å². The van der Waals surface area contributed by atoms with Crippen molar-refractivity contribution in [3.8, 4) is 12.1 Å². The number of nitrogens with one attached hydrogen (secondary N) is 2. The number of carbonyl (C=O) groups is 1. The average Bonchev–Trinajstić information content (AvgIpc) is 2.68. The first-order chi connectivity index (χ1) is 12.6. The molecular formula is C21H20N4O. The number of amides is 1. The van der Waals surface area contributed by atoms with Gasteiger partial charge in [0.1, 0.15) is 17.7 Å². The number of hydrogen-bond donors (Lipinski definition) is 2. The van der Waals surface area contributed by atoms with Crippen LogP contribution in [0.1, 0.15) is 36.6 Å². The molecule has 1 unspecified atom stereocenters. The quantitative estimate of drug-likeness (QED) is 0.616. The number of rotatable bonds is 6. The van der Waals surface area contributed by atoms with Crippen LogP contribution >= 0.6 is 0 Å². The second-order valence-electron chi connectivity index (χ2n) is 5.76. The number of anilines is 1. The maximum atomic E-state index is 12.3. The van der Waals surface area contributed by atoms with Gasteiger partial charge in [-0.25, -0.2) is 0 Å². The summed E-state index contributed by atoms with van der Waals surface area (Å²) in [6.45, 7) is 3.95. The molecule has 0 bridgehead atoms. The van der Waals surface area contributed by atoms with E-state index in [1.807, 2.05) is 37.3 Å². The Hall–Kier alpha value is -3.57. The molecule has 5 nitrogen and oxygen atoms in total. The summed E-state index contributed by atoms with van der Waals surface area (Å²) in [6, 6.07) is 18.6. The maximum absolute atomic E-state index is 12.3. The zero-order valence-corrected chi connectivity index (χ0v) is 14.8. The molecule has 26 heavy (non-hydrogen) atoms. The second kappa shape index (κ2) is 9.05. The minimum Gasteiger partial charge on any atom is -0.359 e. The number of carbonyl (C=O) groups excluding carboxylic acids is 1. The van der Waals surface area contributed by atoms with Gasteiger partial charge in [-0.3, -0.25) is 4.79 Å². The summed E-state index contributed by atoms with van der Waals surface area (Å²) in [7, 11) is 0. The fourth-order valence-corrected chi connectivity index (χ4v) is 2.40. The number of hydrogen-bond acceptors (Lipinski definition) is 4. The van der Waals surface area contributed by atoms with Crippen LogP contribution in [0.5, 0.6) is 0 Å². The molecule has 0 fully saturated rings. The molecule has 2 aromatic carbocycles. The van der Waals surface area contributed by atoms with Crippen LogP contribution in [0.4, 0.5) is 5.69 Å². The van der Waals surface area contributed by atoms with Gasteiger partial charge in [-0.15, -0.1) is 0 Å². The largest absolute Gasteiger partial charge is 0.359 e. The third kappa shape index (κ3) is 4.72. The molecular weight excluding hydrogens is 324 g/mol. The molecule has 2 N–H and O–H groups in total. The highest BCUT2D eigenvalue weighted by Gasteiger charge is 2.14. The van der Waals surface area contributed by atoms with Gasteiger partial charge >= 0.3 is 0 Å². The summed E-state index contributed by atoms with van der Waals surface area (Å²) in [5, 5.41) is 24.0. The SMILES string of the molecule is CCc1ccc(C(C)NC(=O)/C(C#N)=C\Nc2ccccc2C#N)cc1. The number of nitrogens with zero attached hydrogens (tertiary/aromatic N) is 2. The van der Waals surface area contributed by atoms with Gasteiger partial charge in [-0.1, -0.05) is 43.3 Å². The molecule has 0 radical (unpaired) electrons. The number of aryl methyl sites for hydroxylation is 1. The van der Waals surface area contributed by atoms with Crippen molar-refractivity contribution in [1.82, 2.24) is 5.32 Å². The highest BCUT2D eigenvalue weighted by Crippen LogP contribution is 2.16. The van der Waals surface area contributed by atoms with E-state index in [4.69, 9.17) is 5.26 Å². The van der Waals surface area contributed by atoms with Crippen LogP contribution in [0.15, 0.2) is 60.3 Å². The lowest BCUT2D eigenvalue weighted by molar-refractivity contribution is -0.117. The van der Waals surface area contributed by atoms with E-state index in [0.717, 1.165) is 12.0 Å². The molecule has 0 aliphatic rings. The summed E-state index contributed by atoms with van der Waals surface area (Å²) >= 11 is 0. The van der Waals surface area contributed by atoms with Crippen LogP contribution in [0.2, 0.25) is 0 Å². The third-order valence-electron chi connectivity index (χ3n) is 4.02. The molecule has 0 heterocycles. The van der Waals surface area contributed by atoms with Crippen LogP contribution in [0.3, 0.4) is 0 Å². The maximum Gasteiger partial charge on any atom is 0.263 e. The van der Waals surface area contributed by atoms with Crippen molar-refractivity contribution < 1.29 is 4.79 Å². The summed E-state index contributed by atoms with van der Waals surface area (Å²) in [5.74, 6) is -0.471. The van der Waals surface area contributed by atoms with Crippen molar-refractivity contribution in [3.63, 3.8) is 0 Å². The van der Waals surface area contributed by atoms with Gasteiger partial charge in [0.2, 0.25) is 0 Å². The average molecular weight is 344 g/mol. The normalized spacial score (nSPS) is 11.8. The molecule has 1 atom stereocenters. The van der Waals surface area contributed by atoms with E-state index in [2.05, 4.69) is 23.6 Å². The van der Waals surface area contributed by atoms with Crippen molar-refractivity contribution in [2.75, 3.05) is 5.32 Å². The molecule has 130 valence electrons. The standard InChI is InChI=1S/C21H20N4O/c1-3-16-8-10-17(11-9-16)15(2)25-21(26)19(13-23)14-24-20-7-5-4-6-18(20)12-22/h4-11,14-15,24H,3H2,1-2H3,(H,25,26)/b19-14-. The molecule has 0 aliphatic carbocycles. The van der Waals surface area contributed by atoms with E-state index in [9.17, 15) is 10.1 Å². The Balaban J connectivity index is 2.08. The highest BCUT2D eigenvalue weighted by atomic mass is 16.1. The van der Waals surface area contributed by atoms with Crippen LogP contribution in [-0.2, 0) is 11.2 Å². The third-order valence-corrected chi connectivity index (χ3v) is 4.02. The molecule has 0 aromatic heterocycles. The zero-order chi connectivity index (χ0) is 18.9. The summed E-state index contributed by atoms with van der Waals surface area (Å²) in [5.41, 5.74) is 3.11. The number of nitriles is 2. The molecule has 0 spiro atoms. The van der Waals surface area contributed by atoms with Crippen molar-refractivity contribution in [3.05, 3.63) is 77.0 Å². The van der Waals surface area contributed by atoms with E-state index in [1.54, 1.807) is 24.3 Å². The molecule has 0 saturated heterocycles.